The van der Waals surface area contributed by atoms with E-state index in [1.165, 1.54) is 0 Å². The molecule has 0 radical (unpaired) electrons. The molecular weight excluding hydrogens is 192 g/mol. The second-order valence-corrected chi connectivity index (χ2v) is 3.28. The summed E-state index contributed by atoms with van der Waals surface area (Å²) in [6.07, 6.45) is 0. The van der Waals surface area contributed by atoms with Gasteiger partial charge in [0.25, 0.3) is 5.91 Å². The van der Waals surface area contributed by atoms with Gasteiger partial charge in [0, 0.05) is 20.1 Å². The van der Waals surface area contributed by atoms with E-state index in [0.29, 0.717) is 18.1 Å². The summed E-state index contributed by atoms with van der Waals surface area (Å²) in [4.78, 5) is 17.4. The molecule has 1 aromatic heterocycles. The number of aromatic nitrogens is 1. The fraction of sp³-hybridized carbons (Fsp3) is 0.400. The number of carbonyl (C=O) groups excluding carboxylic acids is 1. The van der Waals surface area contributed by atoms with Crippen LogP contribution in [0.4, 0.5) is 5.82 Å². The molecule has 0 fully saturated rings. The Bertz CT molecular complexity index is 340. The largest absolute Gasteiger partial charge is 0.384 e. The first-order chi connectivity index (χ1) is 7.15. The highest BCUT2D eigenvalue weighted by atomic mass is 16.2. The van der Waals surface area contributed by atoms with Crippen LogP contribution in [0, 0.1) is 0 Å². The van der Waals surface area contributed by atoms with Gasteiger partial charge in [-0.25, -0.2) is 4.98 Å². The maximum Gasteiger partial charge on any atom is 0.272 e. The van der Waals surface area contributed by atoms with Gasteiger partial charge in [-0.3, -0.25) is 4.79 Å². The number of nitrogens with zero attached hydrogens (tertiary/aromatic N) is 2. The number of pyridine rings is 1. The standard InChI is InChI=1S/C10H16N4O/c1-12-6-7-14(2)10(15)8-4-3-5-9(11)13-8/h3-5,12H,6-7H2,1-2H3,(H2,11,13). The van der Waals surface area contributed by atoms with E-state index in [1.54, 1.807) is 30.1 Å². The molecule has 1 aromatic rings. The number of hydrogen-bond donors (Lipinski definition) is 2. The summed E-state index contributed by atoms with van der Waals surface area (Å²) in [7, 11) is 3.58. The van der Waals surface area contributed by atoms with Gasteiger partial charge in [0.05, 0.1) is 0 Å². The van der Waals surface area contributed by atoms with Crippen LogP contribution in [0.3, 0.4) is 0 Å². The molecule has 0 saturated carbocycles. The van der Waals surface area contributed by atoms with Crippen LogP contribution < -0.4 is 11.1 Å². The third kappa shape index (κ3) is 3.21. The van der Waals surface area contributed by atoms with Crippen molar-refractivity contribution < 1.29 is 4.79 Å². The molecule has 3 N–H and O–H groups in total. The van der Waals surface area contributed by atoms with Crippen molar-refractivity contribution in [3.8, 4) is 0 Å². The molecule has 15 heavy (non-hydrogen) atoms. The van der Waals surface area contributed by atoms with E-state index in [-0.39, 0.29) is 5.91 Å². The lowest BCUT2D eigenvalue weighted by atomic mass is 10.3. The molecule has 0 unspecified atom stereocenters. The summed E-state index contributed by atoms with van der Waals surface area (Å²) in [5, 5.41) is 2.98. The molecule has 0 aliphatic carbocycles. The Balaban J connectivity index is 2.67. The van der Waals surface area contributed by atoms with Gasteiger partial charge in [-0.1, -0.05) is 6.07 Å². The van der Waals surface area contributed by atoms with Crippen LogP contribution in [-0.2, 0) is 0 Å². The zero-order valence-corrected chi connectivity index (χ0v) is 9.03. The van der Waals surface area contributed by atoms with Crippen LogP contribution >= 0.6 is 0 Å². The lowest BCUT2D eigenvalue weighted by molar-refractivity contribution is 0.0791. The molecule has 0 aliphatic heterocycles. The number of rotatable bonds is 4. The number of nitrogens with two attached hydrogens (primary N) is 1. The predicted octanol–water partition coefficient (Wildman–Crippen LogP) is -0.0448. The van der Waals surface area contributed by atoms with Gasteiger partial charge in [0.15, 0.2) is 0 Å². The normalized spacial score (nSPS) is 10.0. The van der Waals surface area contributed by atoms with Gasteiger partial charge in [-0.15, -0.1) is 0 Å². The third-order valence-corrected chi connectivity index (χ3v) is 2.03. The first-order valence-corrected chi connectivity index (χ1v) is 4.77. The second-order valence-electron chi connectivity index (χ2n) is 3.28. The van der Waals surface area contributed by atoms with Crippen molar-refractivity contribution >= 4 is 11.7 Å². The number of hydrogen-bond acceptors (Lipinski definition) is 4. The average molecular weight is 208 g/mol. The Morgan fingerprint density at radius 2 is 2.33 bits per heavy atom. The number of likely N-dealkylation sites (N-methyl/N-ethyl adjacent to an activating group) is 2. The molecule has 5 heteroatoms. The Morgan fingerprint density at radius 3 is 2.93 bits per heavy atom. The average Bonchev–Trinajstić information content (AvgIpc) is 2.24. The Labute approximate surface area is 89.3 Å². The number of amides is 1. The minimum absolute atomic E-state index is 0.113. The molecule has 5 nitrogen and oxygen atoms in total. The molecule has 0 spiro atoms. The summed E-state index contributed by atoms with van der Waals surface area (Å²) >= 11 is 0. The van der Waals surface area contributed by atoms with Crippen LogP contribution in [0.25, 0.3) is 0 Å². The Kier molecular flexibility index (Phi) is 4.05. The van der Waals surface area contributed by atoms with Crippen LogP contribution in [0.2, 0.25) is 0 Å². The van der Waals surface area contributed by atoms with Crippen molar-refractivity contribution in [1.82, 2.24) is 15.2 Å². The number of carbonyl (C=O) groups is 1. The van der Waals surface area contributed by atoms with Crippen LogP contribution in [-0.4, -0.2) is 43.0 Å². The highest BCUT2D eigenvalue weighted by Gasteiger charge is 2.12. The zero-order chi connectivity index (χ0) is 11.3. The molecule has 1 rings (SSSR count). The lowest BCUT2D eigenvalue weighted by Gasteiger charge is -2.16. The molecular formula is C10H16N4O. The molecule has 0 aromatic carbocycles. The first kappa shape index (κ1) is 11.5. The van der Waals surface area contributed by atoms with E-state index in [9.17, 15) is 4.79 Å². The summed E-state index contributed by atoms with van der Waals surface area (Å²) in [5.41, 5.74) is 5.89. The number of nitrogen functional groups attached to an aromatic ring is 1. The van der Waals surface area contributed by atoms with Crippen molar-refractivity contribution in [1.29, 1.82) is 0 Å². The minimum atomic E-state index is -0.113. The monoisotopic (exact) mass is 208 g/mol. The van der Waals surface area contributed by atoms with E-state index in [0.717, 1.165) is 6.54 Å². The highest BCUT2D eigenvalue weighted by Crippen LogP contribution is 2.03. The molecule has 0 atom stereocenters. The summed E-state index contributed by atoms with van der Waals surface area (Å²) in [6.45, 7) is 1.40. The van der Waals surface area contributed by atoms with Crippen LogP contribution in [0.15, 0.2) is 18.2 Å². The van der Waals surface area contributed by atoms with Gasteiger partial charge in [-0.2, -0.15) is 0 Å². The van der Waals surface area contributed by atoms with Crippen molar-refractivity contribution in [3.63, 3.8) is 0 Å². The van der Waals surface area contributed by atoms with E-state index >= 15 is 0 Å². The minimum Gasteiger partial charge on any atom is -0.384 e. The fourth-order valence-electron chi connectivity index (χ4n) is 1.15. The van der Waals surface area contributed by atoms with Gasteiger partial charge >= 0.3 is 0 Å². The summed E-state index contributed by atoms with van der Waals surface area (Å²) < 4.78 is 0. The van der Waals surface area contributed by atoms with Crippen molar-refractivity contribution in [2.24, 2.45) is 0 Å². The Hall–Kier alpha value is -1.62. The molecule has 82 valence electrons. The fourth-order valence-corrected chi connectivity index (χ4v) is 1.15. The highest BCUT2D eigenvalue weighted by molar-refractivity contribution is 5.92. The van der Waals surface area contributed by atoms with E-state index in [2.05, 4.69) is 10.3 Å². The van der Waals surface area contributed by atoms with Crippen molar-refractivity contribution in [2.75, 3.05) is 32.9 Å². The predicted molar refractivity (Wildman–Crippen MR) is 59.5 cm³/mol. The van der Waals surface area contributed by atoms with Gasteiger partial charge in [0.2, 0.25) is 0 Å². The van der Waals surface area contributed by atoms with Crippen LogP contribution in [0.1, 0.15) is 10.5 Å². The summed E-state index contributed by atoms with van der Waals surface area (Å²) in [5.74, 6) is 0.250. The van der Waals surface area contributed by atoms with E-state index in [4.69, 9.17) is 5.73 Å². The van der Waals surface area contributed by atoms with Gasteiger partial charge in [0.1, 0.15) is 11.5 Å². The molecule has 0 aliphatic rings. The van der Waals surface area contributed by atoms with Gasteiger partial charge < -0.3 is 16.0 Å². The Morgan fingerprint density at radius 1 is 1.60 bits per heavy atom. The van der Waals surface area contributed by atoms with Gasteiger partial charge in [-0.05, 0) is 19.2 Å². The topological polar surface area (TPSA) is 71.2 Å². The van der Waals surface area contributed by atoms with E-state index in [1.807, 2.05) is 7.05 Å². The van der Waals surface area contributed by atoms with Crippen LogP contribution in [0.5, 0.6) is 0 Å². The van der Waals surface area contributed by atoms with E-state index < -0.39 is 0 Å². The smallest absolute Gasteiger partial charge is 0.272 e. The maximum atomic E-state index is 11.8. The SMILES string of the molecule is CNCCN(C)C(=O)c1cccc(N)n1. The number of nitrogens with one attached hydrogen (secondary N) is 1. The quantitative estimate of drug-likeness (QED) is 0.728. The summed E-state index contributed by atoms with van der Waals surface area (Å²) in [6, 6.07) is 5.04. The third-order valence-electron chi connectivity index (χ3n) is 2.03. The maximum absolute atomic E-state index is 11.8. The number of anilines is 1. The molecule has 0 saturated heterocycles. The second kappa shape index (κ2) is 5.31. The lowest BCUT2D eigenvalue weighted by Crippen LogP contribution is -2.33. The molecule has 1 heterocycles. The zero-order valence-electron chi connectivity index (χ0n) is 9.03. The van der Waals surface area contributed by atoms with Crippen molar-refractivity contribution in [3.05, 3.63) is 23.9 Å². The molecule has 0 bridgehead atoms. The molecule has 1 amide bonds. The first-order valence-electron chi connectivity index (χ1n) is 4.77. The van der Waals surface area contributed by atoms with Crippen molar-refractivity contribution in [2.45, 2.75) is 0 Å².